The maximum atomic E-state index is 10.8. The molecule has 19 heavy (non-hydrogen) atoms. The molecule has 0 aromatic heterocycles. The summed E-state index contributed by atoms with van der Waals surface area (Å²) in [6.07, 6.45) is 1.13. The fourth-order valence-corrected chi connectivity index (χ4v) is 1.97. The molecule has 0 fully saturated rings. The van der Waals surface area contributed by atoms with E-state index in [0.717, 1.165) is 11.8 Å². The van der Waals surface area contributed by atoms with Crippen LogP contribution in [0.25, 0.3) is 0 Å². The minimum Gasteiger partial charge on any atom is -0.504 e. The van der Waals surface area contributed by atoms with E-state index in [1.54, 1.807) is 18.2 Å². The van der Waals surface area contributed by atoms with E-state index in [1.807, 2.05) is 6.92 Å². The van der Waals surface area contributed by atoms with Crippen LogP contribution in [0.15, 0.2) is 18.2 Å². The summed E-state index contributed by atoms with van der Waals surface area (Å²) >= 11 is 0. The van der Waals surface area contributed by atoms with Gasteiger partial charge in [0, 0.05) is 19.6 Å². The number of rotatable bonds is 8. The molecule has 108 valence electrons. The highest BCUT2D eigenvalue weighted by atomic mass is 32.2. The third kappa shape index (κ3) is 6.42. The fraction of sp³-hybridized carbons (Fsp3) is 0.500. The van der Waals surface area contributed by atoms with E-state index in [9.17, 15) is 13.5 Å². The van der Waals surface area contributed by atoms with E-state index in [-0.39, 0.29) is 5.75 Å². The Morgan fingerprint density at radius 3 is 2.68 bits per heavy atom. The summed E-state index contributed by atoms with van der Waals surface area (Å²) in [4.78, 5) is 0. The molecule has 0 aliphatic heterocycles. The zero-order valence-electron chi connectivity index (χ0n) is 11.1. The first-order valence-corrected chi connectivity index (χ1v) is 7.91. The van der Waals surface area contributed by atoms with Gasteiger partial charge in [-0.2, -0.15) is 0 Å². The summed E-state index contributed by atoms with van der Waals surface area (Å²) in [5.41, 5.74) is 0.959. The largest absolute Gasteiger partial charge is 0.504 e. The van der Waals surface area contributed by atoms with E-state index < -0.39 is 10.0 Å². The van der Waals surface area contributed by atoms with Gasteiger partial charge in [-0.15, -0.1) is 0 Å². The molecule has 0 aliphatic rings. The standard InChI is InChI=1S/C12H20N2O4S/c1-3-18-12-8-10(4-5-11(12)15)9-13-6-7-14-19(2,16)17/h4-5,8,13-15H,3,6-7,9H2,1-2H3. The number of ether oxygens (including phenoxy) is 1. The zero-order chi connectivity index (χ0) is 14.3. The minimum absolute atomic E-state index is 0.115. The lowest BCUT2D eigenvalue weighted by Gasteiger charge is -2.09. The molecule has 0 aliphatic carbocycles. The summed E-state index contributed by atoms with van der Waals surface area (Å²) in [5, 5.41) is 12.6. The Morgan fingerprint density at radius 1 is 1.32 bits per heavy atom. The lowest BCUT2D eigenvalue weighted by atomic mass is 10.2. The van der Waals surface area contributed by atoms with Crippen molar-refractivity contribution in [3.8, 4) is 11.5 Å². The maximum absolute atomic E-state index is 10.8. The van der Waals surface area contributed by atoms with Gasteiger partial charge in [0.25, 0.3) is 0 Å². The van der Waals surface area contributed by atoms with Gasteiger partial charge in [0.1, 0.15) is 0 Å². The first-order valence-electron chi connectivity index (χ1n) is 6.02. The van der Waals surface area contributed by atoms with E-state index in [1.165, 1.54) is 0 Å². The number of aromatic hydroxyl groups is 1. The van der Waals surface area contributed by atoms with Crippen LogP contribution in [0.1, 0.15) is 12.5 Å². The summed E-state index contributed by atoms with van der Waals surface area (Å²) in [6, 6.07) is 5.13. The Bertz CT molecular complexity index is 502. The highest BCUT2D eigenvalue weighted by molar-refractivity contribution is 7.88. The van der Waals surface area contributed by atoms with Gasteiger partial charge < -0.3 is 15.2 Å². The van der Waals surface area contributed by atoms with Crippen molar-refractivity contribution in [3.63, 3.8) is 0 Å². The molecule has 0 amide bonds. The first-order chi connectivity index (χ1) is 8.92. The predicted molar refractivity (Wildman–Crippen MR) is 73.8 cm³/mol. The quantitative estimate of drug-likeness (QED) is 0.604. The number of phenolic OH excluding ortho intramolecular Hbond substituents is 1. The average Bonchev–Trinajstić information content (AvgIpc) is 2.31. The lowest BCUT2D eigenvalue weighted by molar-refractivity contribution is 0.317. The highest BCUT2D eigenvalue weighted by Crippen LogP contribution is 2.26. The van der Waals surface area contributed by atoms with Crippen molar-refractivity contribution in [2.75, 3.05) is 26.0 Å². The van der Waals surface area contributed by atoms with Crippen LogP contribution in [0, 0.1) is 0 Å². The van der Waals surface area contributed by atoms with E-state index in [2.05, 4.69) is 10.0 Å². The van der Waals surface area contributed by atoms with Crippen LogP contribution in [-0.4, -0.2) is 39.5 Å². The molecule has 0 bridgehead atoms. The number of hydrogen-bond acceptors (Lipinski definition) is 5. The Kier molecular flexibility index (Phi) is 6.07. The fourth-order valence-electron chi connectivity index (χ4n) is 1.50. The second kappa shape index (κ2) is 7.32. The summed E-state index contributed by atoms with van der Waals surface area (Å²) in [5.74, 6) is 0.570. The van der Waals surface area contributed by atoms with Crippen molar-refractivity contribution in [1.82, 2.24) is 10.0 Å². The Morgan fingerprint density at radius 2 is 2.05 bits per heavy atom. The van der Waals surface area contributed by atoms with Crippen LogP contribution in [-0.2, 0) is 16.6 Å². The Labute approximate surface area is 113 Å². The van der Waals surface area contributed by atoms with Crippen LogP contribution in [0.3, 0.4) is 0 Å². The van der Waals surface area contributed by atoms with Crippen LogP contribution >= 0.6 is 0 Å². The molecular formula is C12H20N2O4S. The second-order valence-electron chi connectivity index (χ2n) is 4.08. The van der Waals surface area contributed by atoms with Gasteiger partial charge in [-0.1, -0.05) is 6.07 Å². The molecule has 1 rings (SSSR count). The normalized spacial score (nSPS) is 11.5. The molecule has 0 radical (unpaired) electrons. The van der Waals surface area contributed by atoms with Gasteiger partial charge in [0.05, 0.1) is 12.9 Å². The molecule has 0 atom stereocenters. The van der Waals surface area contributed by atoms with Gasteiger partial charge in [-0.25, -0.2) is 13.1 Å². The molecule has 1 aromatic rings. The highest BCUT2D eigenvalue weighted by Gasteiger charge is 2.03. The topological polar surface area (TPSA) is 87.7 Å². The predicted octanol–water partition coefficient (Wildman–Crippen LogP) is 0.430. The number of sulfonamides is 1. The average molecular weight is 288 g/mol. The van der Waals surface area contributed by atoms with Gasteiger partial charge in [0.2, 0.25) is 10.0 Å². The van der Waals surface area contributed by atoms with Crippen molar-refractivity contribution in [3.05, 3.63) is 23.8 Å². The van der Waals surface area contributed by atoms with E-state index >= 15 is 0 Å². The maximum Gasteiger partial charge on any atom is 0.208 e. The third-order valence-electron chi connectivity index (χ3n) is 2.32. The van der Waals surface area contributed by atoms with Crippen molar-refractivity contribution >= 4 is 10.0 Å². The van der Waals surface area contributed by atoms with Crippen LogP contribution in [0.5, 0.6) is 11.5 Å². The van der Waals surface area contributed by atoms with Gasteiger partial charge in [-0.05, 0) is 24.6 Å². The van der Waals surface area contributed by atoms with E-state index in [0.29, 0.717) is 32.0 Å². The van der Waals surface area contributed by atoms with Crippen molar-refractivity contribution in [2.24, 2.45) is 0 Å². The molecule has 0 spiro atoms. The molecule has 0 saturated heterocycles. The van der Waals surface area contributed by atoms with Crippen molar-refractivity contribution in [2.45, 2.75) is 13.5 Å². The third-order valence-corrected chi connectivity index (χ3v) is 3.05. The number of hydrogen-bond donors (Lipinski definition) is 3. The molecule has 6 nitrogen and oxygen atoms in total. The van der Waals surface area contributed by atoms with Crippen molar-refractivity contribution in [1.29, 1.82) is 0 Å². The molecule has 1 aromatic carbocycles. The molecule has 7 heteroatoms. The lowest BCUT2D eigenvalue weighted by Crippen LogP contribution is -2.30. The molecule has 0 saturated carbocycles. The minimum atomic E-state index is -3.13. The molecule has 3 N–H and O–H groups in total. The molecule has 0 unspecified atom stereocenters. The summed E-state index contributed by atoms with van der Waals surface area (Å²) in [6.45, 7) is 3.78. The Balaban J connectivity index is 2.39. The Hall–Kier alpha value is -1.31. The summed E-state index contributed by atoms with van der Waals surface area (Å²) in [7, 11) is -3.13. The smallest absolute Gasteiger partial charge is 0.208 e. The molecule has 0 heterocycles. The SMILES string of the molecule is CCOc1cc(CNCCNS(C)(=O)=O)ccc1O. The van der Waals surface area contributed by atoms with Crippen LogP contribution < -0.4 is 14.8 Å². The van der Waals surface area contributed by atoms with Gasteiger partial charge in [0.15, 0.2) is 11.5 Å². The first kappa shape index (κ1) is 15.7. The number of benzene rings is 1. The number of phenols is 1. The van der Waals surface area contributed by atoms with Gasteiger partial charge >= 0.3 is 0 Å². The summed E-state index contributed by atoms with van der Waals surface area (Å²) < 4.78 is 29.3. The number of nitrogens with one attached hydrogen (secondary N) is 2. The van der Waals surface area contributed by atoms with Crippen LogP contribution in [0.4, 0.5) is 0 Å². The monoisotopic (exact) mass is 288 g/mol. The second-order valence-corrected chi connectivity index (χ2v) is 5.91. The molecular weight excluding hydrogens is 268 g/mol. The van der Waals surface area contributed by atoms with Crippen molar-refractivity contribution < 1.29 is 18.3 Å². The van der Waals surface area contributed by atoms with Crippen LogP contribution in [0.2, 0.25) is 0 Å². The van der Waals surface area contributed by atoms with Gasteiger partial charge in [-0.3, -0.25) is 0 Å². The van der Waals surface area contributed by atoms with E-state index in [4.69, 9.17) is 4.74 Å². The zero-order valence-corrected chi connectivity index (χ0v) is 12.0.